The Balaban J connectivity index is 1.48. The highest BCUT2D eigenvalue weighted by Gasteiger charge is 2.03. The van der Waals surface area contributed by atoms with Gasteiger partial charge in [0.2, 0.25) is 0 Å². The molecule has 0 atom stereocenters. The maximum absolute atomic E-state index is 11.7. The van der Waals surface area contributed by atoms with Gasteiger partial charge in [-0.05, 0) is 35.4 Å². The Morgan fingerprint density at radius 2 is 1.76 bits per heavy atom. The molecule has 3 rings (SSSR count). The lowest BCUT2D eigenvalue weighted by Crippen LogP contribution is -2.24. The first-order valence-corrected chi connectivity index (χ1v) is 8.76. The second-order valence-corrected chi connectivity index (χ2v) is 6.86. The van der Waals surface area contributed by atoms with E-state index in [9.17, 15) is 4.79 Å². The van der Waals surface area contributed by atoms with Crippen LogP contribution in [0, 0.1) is 0 Å². The van der Waals surface area contributed by atoms with Crippen molar-refractivity contribution in [3.63, 3.8) is 0 Å². The first-order chi connectivity index (χ1) is 12.2. The molecular weight excluding hydrogens is 356 g/mol. The average molecular weight is 371 g/mol. The fourth-order valence-electron chi connectivity index (χ4n) is 2.12. The summed E-state index contributed by atoms with van der Waals surface area (Å²) in [5.41, 5.74) is 4.65. The van der Waals surface area contributed by atoms with E-state index in [1.54, 1.807) is 12.3 Å². The van der Waals surface area contributed by atoms with Crippen molar-refractivity contribution < 1.29 is 9.53 Å². The van der Waals surface area contributed by atoms with Crippen LogP contribution in [-0.4, -0.2) is 18.7 Å². The largest absolute Gasteiger partial charge is 0.484 e. The lowest BCUT2D eigenvalue weighted by atomic mass is 10.1. The lowest BCUT2D eigenvalue weighted by Gasteiger charge is -2.06. The van der Waals surface area contributed by atoms with Crippen molar-refractivity contribution in [3.05, 3.63) is 75.9 Å². The molecule has 0 unspecified atom stereocenters. The minimum atomic E-state index is -0.328. The highest BCUT2D eigenvalue weighted by molar-refractivity contribution is 7.17. The molecule has 1 aromatic heterocycles. The van der Waals surface area contributed by atoms with Gasteiger partial charge in [0, 0.05) is 4.88 Å². The van der Waals surface area contributed by atoms with E-state index in [2.05, 4.69) is 10.5 Å². The summed E-state index contributed by atoms with van der Waals surface area (Å²) < 4.78 is 6.14. The normalized spacial score (nSPS) is 10.8. The van der Waals surface area contributed by atoms with E-state index in [1.807, 2.05) is 60.7 Å². The van der Waals surface area contributed by atoms with E-state index in [0.29, 0.717) is 10.1 Å². The van der Waals surface area contributed by atoms with E-state index >= 15 is 0 Å². The molecule has 3 aromatic rings. The van der Waals surface area contributed by atoms with Crippen LogP contribution in [0.15, 0.2) is 71.8 Å². The Morgan fingerprint density at radius 1 is 1.04 bits per heavy atom. The maximum atomic E-state index is 11.7. The molecule has 2 aromatic carbocycles. The smallest absolute Gasteiger partial charge is 0.277 e. The zero-order valence-corrected chi connectivity index (χ0v) is 14.8. The SMILES string of the molecule is O=C(COc1ccc(-c2ccccc2)cc1)N/N=C/c1ccc(Cl)s1. The van der Waals surface area contributed by atoms with Crippen molar-refractivity contribution in [2.45, 2.75) is 0 Å². The Kier molecular flexibility index (Phi) is 5.82. The summed E-state index contributed by atoms with van der Waals surface area (Å²) in [6, 6.07) is 21.3. The summed E-state index contributed by atoms with van der Waals surface area (Å²) in [6.07, 6.45) is 1.54. The van der Waals surface area contributed by atoms with Crippen molar-refractivity contribution in [1.29, 1.82) is 0 Å². The third-order valence-corrected chi connectivity index (χ3v) is 4.47. The van der Waals surface area contributed by atoms with Gasteiger partial charge in [-0.25, -0.2) is 5.43 Å². The van der Waals surface area contributed by atoms with Gasteiger partial charge in [-0.2, -0.15) is 5.10 Å². The first-order valence-electron chi connectivity index (χ1n) is 7.56. The Morgan fingerprint density at radius 3 is 2.44 bits per heavy atom. The molecule has 25 heavy (non-hydrogen) atoms. The van der Waals surface area contributed by atoms with Crippen LogP contribution in [0.4, 0.5) is 0 Å². The molecular formula is C19H15ClN2O2S. The minimum absolute atomic E-state index is 0.104. The molecule has 0 saturated carbocycles. The number of hydrogen-bond acceptors (Lipinski definition) is 4. The Labute approximate surface area is 154 Å². The molecule has 0 radical (unpaired) electrons. The summed E-state index contributed by atoms with van der Waals surface area (Å²) in [7, 11) is 0. The topological polar surface area (TPSA) is 50.7 Å². The van der Waals surface area contributed by atoms with Crippen molar-refractivity contribution in [3.8, 4) is 16.9 Å². The molecule has 6 heteroatoms. The zero-order chi connectivity index (χ0) is 17.5. The van der Waals surface area contributed by atoms with E-state index in [4.69, 9.17) is 16.3 Å². The van der Waals surface area contributed by atoms with Crippen LogP contribution in [0.25, 0.3) is 11.1 Å². The van der Waals surface area contributed by atoms with Crippen LogP contribution in [0.3, 0.4) is 0 Å². The number of nitrogens with one attached hydrogen (secondary N) is 1. The predicted octanol–water partition coefficient (Wildman–Crippen LogP) is 4.60. The van der Waals surface area contributed by atoms with E-state index < -0.39 is 0 Å². The highest BCUT2D eigenvalue weighted by atomic mass is 35.5. The quantitative estimate of drug-likeness (QED) is 0.509. The number of hydrazone groups is 1. The molecule has 0 spiro atoms. The van der Waals surface area contributed by atoms with Gasteiger partial charge >= 0.3 is 0 Å². The van der Waals surface area contributed by atoms with Crippen LogP contribution in [0.2, 0.25) is 4.34 Å². The summed E-state index contributed by atoms with van der Waals surface area (Å²) >= 11 is 7.20. The Hall–Kier alpha value is -2.63. The molecule has 126 valence electrons. The number of nitrogens with zero attached hydrogens (tertiary/aromatic N) is 1. The van der Waals surface area contributed by atoms with Gasteiger partial charge < -0.3 is 4.74 Å². The monoisotopic (exact) mass is 370 g/mol. The maximum Gasteiger partial charge on any atom is 0.277 e. The average Bonchev–Trinajstić information content (AvgIpc) is 3.06. The lowest BCUT2D eigenvalue weighted by molar-refractivity contribution is -0.123. The molecule has 0 fully saturated rings. The number of amides is 1. The molecule has 4 nitrogen and oxygen atoms in total. The third kappa shape index (κ3) is 5.17. The number of ether oxygens (including phenoxy) is 1. The number of halogens is 1. The second-order valence-electron chi connectivity index (χ2n) is 5.11. The number of carbonyl (C=O) groups excluding carboxylic acids is 1. The van der Waals surface area contributed by atoms with Crippen molar-refractivity contribution in [2.24, 2.45) is 5.10 Å². The van der Waals surface area contributed by atoms with Gasteiger partial charge in [-0.1, -0.05) is 54.1 Å². The highest BCUT2D eigenvalue weighted by Crippen LogP contribution is 2.22. The number of thiophene rings is 1. The number of rotatable bonds is 6. The second kappa shape index (κ2) is 8.46. The van der Waals surface area contributed by atoms with Gasteiger partial charge in [0.1, 0.15) is 5.75 Å². The van der Waals surface area contributed by atoms with Gasteiger partial charge in [-0.3, -0.25) is 4.79 Å². The number of benzene rings is 2. The van der Waals surface area contributed by atoms with E-state index in [1.165, 1.54) is 11.3 Å². The van der Waals surface area contributed by atoms with Crippen LogP contribution >= 0.6 is 22.9 Å². The van der Waals surface area contributed by atoms with Crippen molar-refractivity contribution >= 4 is 35.1 Å². The molecule has 1 N–H and O–H groups in total. The van der Waals surface area contributed by atoms with Crippen LogP contribution in [0.5, 0.6) is 5.75 Å². The molecule has 0 aliphatic carbocycles. The molecule has 0 aliphatic rings. The fraction of sp³-hybridized carbons (Fsp3) is 0.0526. The summed E-state index contributed by atoms with van der Waals surface area (Å²) in [5.74, 6) is 0.301. The predicted molar refractivity (Wildman–Crippen MR) is 102 cm³/mol. The molecule has 1 amide bonds. The standard InChI is InChI=1S/C19H15ClN2O2S/c20-18-11-10-17(25-18)12-21-22-19(23)13-24-16-8-6-15(7-9-16)14-4-2-1-3-5-14/h1-12H,13H2,(H,22,23)/b21-12+. The Bertz CT molecular complexity index is 861. The minimum Gasteiger partial charge on any atom is -0.484 e. The van der Waals surface area contributed by atoms with Crippen molar-refractivity contribution in [1.82, 2.24) is 5.43 Å². The summed E-state index contributed by atoms with van der Waals surface area (Å²) in [5, 5.41) is 3.87. The molecule has 0 aliphatic heterocycles. The van der Waals surface area contributed by atoms with Gasteiger partial charge in [0.15, 0.2) is 6.61 Å². The summed E-state index contributed by atoms with van der Waals surface area (Å²) in [6.45, 7) is -0.104. The fourth-order valence-corrected chi connectivity index (χ4v) is 3.05. The van der Waals surface area contributed by atoms with Crippen LogP contribution < -0.4 is 10.2 Å². The summed E-state index contributed by atoms with van der Waals surface area (Å²) in [4.78, 5) is 12.6. The molecule has 0 saturated heterocycles. The number of carbonyl (C=O) groups is 1. The van der Waals surface area contributed by atoms with Gasteiger partial charge in [0.05, 0.1) is 10.6 Å². The van der Waals surface area contributed by atoms with E-state index in [0.717, 1.165) is 16.0 Å². The third-order valence-electron chi connectivity index (χ3n) is 3.31. The van der Waals surface area contributed by atoms with Gasteiger partial charge in [0.25, 0.3) is 5.91 Å². The molecule has 0 bridgehead atoms. The zero-order valence-electron chi connectivity index (χ0n) is 13.2. The van der Waals surface area contributed by atoms with Gasteiger partial charge in [-0.15, -0.1) is 11.3 Å². The first kappa shape index (κ1) is 17.2. The van der Waals surface area contributed by atoms with Crippen LogP contribution in [0.1, 0.15) is 4.88 Å². The van der Waals surface area contributed by atoms with E-state index in [-0.39, 0.29) is 12.5 Å². The number of hydrogen-bond donors (Lipinski definition) is 1. The molecule has 1 heterocycles. The van der Waals surface area contributed by atoms with Crippen molar-refractivity contribution in [2.75, 3.05) is 6.61 Å². The van der Waals surface area contributed by atoms with Crippen LogP contribution in [-0.2, 0) is 4.79 Å².